The topological polar surface area (TPSA) is 122 Å². The van der Waals surface area contributed by atoms with Gasteiger partial charge >= 0.3 is 0 Å². The highest BCUT2D eigenvalue weighted by Crippen LogP contribution is 2.26. The second-order valence-electron chi connectivity index (χ2n) is 9.58. The van der Waals surface area contributed by atoms with Crippen LogP contribution in [0.15, 0.2) is 89.7 Å². The Hall–Kier alpha value is -5.15. The Morgan fingerprint density at radius 1 is 0.800 bits per heavy atom. The molecule has 3 N–H and O–H groups in total. The van der Waals surface area contributed by atoms with Gasteiger partial charge in [0.15, 0.2) is 11.6 Å². The smallest absolute Gasteiger partial charge is 0.273 e. The SMILES string of the molecule is O=C(NCc1nc2ccccc2c2ccccc12)c1coc(CCNCc2nc3c(cnc4ccccc43)[nH]2)n1. The predicted molar refractivity (Wildman–Crippen MR) is 154 cm³/mol. The molecule has 0 saturated carbocycles. The number of amides is 1. The standard InChI is InChI=1S/C31H25N7O2/c39-31(34-15-25-21-9-2-1-7-19(21)20-8-3-6-12-24(20)35-25)27-18-40-29(37-27)13-14-32-17-28-36-26-16-33-23-11-5-4-10-22(23)30(26)38-28/h1-12,16,18,32H,13-15,17H2,(H,34,39)(H,36,38). The molecule has 0 spiro atoms. The van der Waals surface area contributed by atoms with Crippen LogP contribution < -0.4 is 10.6 Å². The molecule has 1 amide bonds. The molecule has 0 atom stereocenters. The number of para-hydroxylation sites is 2. The van der Waals surface area contributed by atoms with Gasteiger partial charge in [-0.15, -0.1) is 0 Å². The number of rotatable bonds is 8. The van der Waals surface area contributed by atoms with Crippen LogP contribution in [0.4, 0.5) is 0 Å². The number of imidazole rings is 1. The molecule has 0 aliphatic heterocycles. The molecule has 4 heterocycles. The van der Waals surface area contributed by atoms with Crippen LogP contribution in [-0.4, -0.2) is 37.4 Å². The third kappa shape index (κ3) is 4.52. The van der Waals surface area contributed by atoms with Gasteiger partial charge in [-0.3, -0.25) is 14.8 Å². The van der Waals surface area contributed by atoms with Crippen molar-refractivity contribution in [2.24, 2.45) is 0 Å². The molecule has 0 unspecified atom stereocenters. The van der Waals surface area contributed by atoms with Crippen molar-refractivity contribution in [3.63, 3.8) is 0 Å². The second kappa shape index (κ2) is 10.2. The Kier molecular flexibility index (Phi) is 6.10. The van der Waals surface area contributed by atoms with E-state index in [0.29, 0.717) is 25.4 Å². The molecule has 0 aliphatic rings. The van der Waals surface area contributed by atoms with E-state index in [0.717, 1.165) is 55.1 Å². The summed E-state index contributed by atoms with van der Waals surface area (Å²) in [6.45, 7) is 1.46. The van der Waals surface area contributed by atoms with Crippen LogP contribution >= 0.6 is 0 Å². The van der Waals surface area contributed by atoms with Crippen molar-refractivity contribution in [3.8, 4) is 0 Å². The lowest BCUT2D eigenvalue weighted by Gasteiger charge is -2.10. The summed E-state index contributed by atoms with van der Waals surface area (Å²) in [4.78, 5) is 34.5. The molecule has 0 aliphatic carbocycles. The van der Waals surface area contributed by atoms with Crippen LogP contribution in [-0.2, 0) is 19.5 Å². The zero-order valence-electron chi connectivity index (χ0n) is 21.5. The number of carbonyl (C=O) groups excluding carboxylic acids is 1. The number of nitrogens with zero attached hydrogens (tertiary/aromatic N) is 4. The number of pyridine rings is 2. The number of carbonyl (C=O) groups is 1. The molecule has 4 aromatic heterocycles. The van der Waals surface area contributed by atoms with E-state index in [1.807, 2.05) is 66.9 Å². The van der Waals surface area contributed by atoms with Crippen LogP contribution in [0.25, 0.3) is 43.6 Å². The lowest BCUT2D eigenvalue weighted by Crippen LogP contribution is -2.24. The first-order valence-electron chi connectivity index (χ1n) is 13.1. The minimum Gasteiger partial charge on any atom is -0.448 e. The van der Waals surface area contributed by atoms with Crippen molar-refractivity contribution in [1.82, 2.24) is 35.6 Å². The molecule has 0 bridgehead atoms. The highest BCUT2D eigenvalue weighted by Gasteiger charge is 2.14. The van der Waals surface area contributed by atoms with Gasteiger partial charge in [0.05, 0.1) is 47.0 Å². The molecule has 196 valence electrons. The van der Waals surface area contributed by atoms with Gasteiger partial charge in [-0.25, -0.2) is 9.97 Å². The third-order valence-electron chi connectivity index (χ3n) is 6.97. The van der Waals surface area contributed by atoms with Gasteiger partial charge in [-0.05, 0) is 17.5 Å². The molecule has 3 aromatic carbocycles. The zero-order valence-corrected chi connectivity index (χ0v) is 21.5. The summed E-state index contributed by atoms with van der Waals surface area (Å²) >= 11 is 0. The Morgan fingerprint density at radius 2 is 1.55 bits per heavy atom. The van der Waals surface area contributed by atoms with Gasteiger partial charge in [0.25, 0.3) is 5.91 Å². The Morgan fingerprint density at radius 3 is 2.42 bits per heavy atom. The van der Waals surface area contributed by atoms with Gasteiger partial charge in [0.1, 0.15) is 12.1 Å². The third-order valence-corrected chi connectivity index (χ3v) is 6.97. The predicted octanol–water partition coefficient (Wildman–Crippen LogP) is 5.06. The monoisotopic (exact) mass is 527 g/mol. The largest absolute Gasteiger partial charge is 0.448 e. The molecular weight excluding hydrogens is 502 g/mol. The van der Waals surface area contributed by atoms with Gasteiger partial charge < -0.3 is 20.0 Å². The number of fused-ring (bicyclic) bond motifs is 6. The number of H-pyrrole nitrogens is 1. The summed E-state index contributed by atoms with van der Waals surface area (Å²) in [6, 6.07) is 24.1. The summed E-state index contributed by atoms with van der Waals surface area (Å²) in [5, 5.41) is 10.5. The van der Waals surface area contributed by atoms with E-state index in [1.165, 1.54) is 6.26 Å². The molecule has 7 aromatic rings. The first-order chi connectivity index (χ1) is 19.7. The number of aromatic amines is 1. The van der Waals surface area contributed by atoms with Gasteiger partial charge in [0.2, 0.25) is 0 Å². The molecule has 0 saturated heterocycles. The molecule has 40 heavy (non-hydrogen) atoms. The van der Waals surface area contributed by atoms with E-state index >= 15 is 0 Å². The molecule has 0 fully saturated rings. The van der Waals surface area contributed by atoms with Crippen molar-refractivity contribution in [2.45, 2.75) is 19.5 Å². The normalized spacial score (nSPS) is 11.6. The minimum atomic E-state index is -0.301. The number of benzene rings is 3. The van der Waals surface area contributed by atoms with Crippen LogP contribution in [0.3, 0.4) is 0 Å². The molecule has 9 heteroatoms. The fraction of sp³-hybridized carbons (Fsp3) is 0.129. The van der Waals surface area contributed by atoms with E-state index in [1.54, 1.807) is 0 Å². The summed E-state index contributed by atoms with van der Waals surface area (Å²) in [6.07, 6.45) is 3.74. The highest BCUT2D eigenvalue weighted by molar-refractivity contribution is 6.06. The average Bonchev–Trinajstić information content (AvgIpc) is 3.65. The van der Waals surface area contributed by atoms with Crippen molar-refractivity contribution < 1.29 is 9.21 Å². The lowest BCUT2D eigenvalue weighted by molar-refractivity contribution is 0.0945. The number of hydrogen-bond donors (Lipinski definition) is 3. The van der Waals surface area contributed by atoms with Crippen LogP contribution in [0, 0.1) is 0 Å². The maximum atomic E-state index is 12.8. The van der Waals surface area contributed by atoms with Crippen LogP contribution in [0.1, 0.15) is 27.9 Å². The summed E-state index contributed by atoms with van der Waals surface area (Å²) in [5.41, 5.74) is 4.70. The average molecular weight is 528 g/mol. The van der Waals surface area contributed by atoms with Crippen molar-refractivity contribution in [2.75, 3.05) is 6.54 Å². The summed E-state index contributed by atoms with van der Waals surface area (Å²) in [7, 11) is 0. The fourth-order valence-corrected chi connectivity index (χ4v) is 5.04. The van der Waals surface area contributed by atoms with Crippen molar-refractivity contribution in [3.05, 3.63) is 108 Å². The fourth-order valence-electron chi connectivity index (χ4n) is 5.04. The number of nitrogens with one attached hydrogen (secondary N) is 3. The molecule has 0 radical (unpaired) electrons. The Bertz CT molecular complexity index is 2010. The quantitative estimate of drug-likeness (QED) is 0.186. The first-order valence-corrected chi connectivity index (χ1v) is 13.1. The van der Waals surface area contributed by atoms with E-state index in [4.69, 9.17) is 14.4 Å². The van der Waals surface area contributed by atoms with E-state index in [2.05, 4.69) is 37.7 Å². The van der Waals surface area contributed by atoms with E-state index in [-0.39, 0.29) is 18.1 Å². The molecular formula is C31H25N7O2. The second-order valence-corrected chi connectivity index (χ2v) is 9.58. The van der Waals surface area contributed by atoms with Gasteiger partial charge in [-0.1, -0.05) is 60.7 Å². The Labute approximate surface area is 228 Å². The summed E-state index contributed by atoms with van der Waals surface area (Å²) < 4.78 is 5.55. The molecule has 9 nitrogen and oxygen atoms in total. The van der Waals surface area contributed by atoms with Crippen molar-refractivity contribution in [1.29, 1.82) is 0 Å². The minimum absolute atomic E-state index is 0.247. The summed E-state index contributed by atoms with van der Waals surface area (Å²) in [5.74, 6) is 1.02. The highest BCUT2D eigenvalue weighted by atomic mass is 16.3. The maximum absolute atomic E-state index is 12.8. The van der Waals surface area contributed by atoms with Gasteiger partial charge in [-0.2, -0.15) is 0 Å². The Balaban J connectivity index is 0.963. The molecule has 7 rings (SSSR count). The van der Waals surface area contributed by atoms with Gasteiger partial charge in [0, 0.05) is 29.1 Å². The number of oxazole rings is 1. The number of aromatic nitrogens is 5. The lowest BCUT2D eigenvalue weighted by atomic mass is 10.0. The van der Waals surface area contributed by atoms with Crippen LogP contribution in [0.2, 0.25) is 0 Å². The van der Waals surface area contributed by atoms with E-state index in [9.17, 15) is 4.79 Å². The number of hydrogen-bond acceptors (Lipinski definition) is 7. The van der Waals surface area contributed by atoms with Crippen molar-refractivity contribution >= 4 is 49.5 Å². The zero-order chi connectivity index (χ0) is 26.9. The van der Waals surface area contributed by atoms with E-state index < -0.39 is 0 Å². The van der Waals surface area contributed by atoms with Crippen LogP contribution in [0.5, 0.6) is 0 Å². The first kappa shape index (κ1) is 23.9. The maximum Gasteiger partial charge on any atom is 0.273 e.